The van der Waals surface area contributed by atoms with Crippen molar-refractivity contribution in [2.45, 2.75) is 32.7 Å². The van der Waals surface area contributed by atoms with E-state index in [4.69, 9.17) is 0 Å². The Kier molecular flexibility index (Phi) is 4.33. The van der Waals surface area contributed by atoms with E-state index < -0.39 is 10.0 Å². The van der Waals surface area contributed by atoms with Crippen LogP contribution in [0.4, 0.5) is 0 Å². The van der Waals surface area contributed by atoms with Crippen molar-refractivity contribution < 1.29 is 8.42 Å². The van der Waals surface area contributed by atoms with Gasteiger partial charge in [0, 0.05) is 16.7 Å². The Morgan fingerprint density at radius 2 is 1.94 bits per heavy atom. The molecule has 6 heteroatoms. The van der Waals surface area contributed by atoms with E-state index in [1.54, 1.807) is 13.0 Å². The van der Waals surface area contributed by atoms with Crippen molar-refractivity contribution in [1.82, 2.24) is 9.71 Å². The average molecular weight is 321 g/mol. The van der Waals surface area contributed by atoms with E-state index in [2.05, 4.69) is 25.6 Å². The number of nitrogens with one attached hydrogen (secondary N) is 1. The first kappa shape index (κ1) is 14.6. The summed E-state index contributed by atoms with van der Waals surface area (Å²) in [5.74, 6) is 0. The summed E-state index contributed by atoms with van der Waals surface area (Å²) in [6.07, 6.45) is 0. The number of sulfonamides is 1. The minimum absolute atomic E-state index is 0.0497. The van der Waals surface area contributed by atoms with E-state index in [0.717, 1.165) is 0 Å². The molecule has 1 rings (SSSR count). The molecule has 0 aliphatic heterocycles. The Morgan fingerprint density at radius 3 is 2.41 bits per heavy atom. The maximum absolute atomic E-state index is 12.0. The van der Waals surface area contributed by atoms with E-state index >= 15 is 0 Å². The van der Waals surface area contributed by atoms with E-state index in [9.17, 15) is 8.42 Å². The van der Waals surface area contributed by atoms with Crippen LogP contribution in [-0.4, -0.2) is 19.9 Å². The Bertz CT molecular complexity index is 486. The second-order valence-electron chi connectivity index (χ2n) is 5.15. The molecule has 17 heavy (non-hydrogen) atoms. The third kappa shape index (κ3) is 4.73. The largest absolute Gasteiger partial charge is 0.258 e. The molecule has 0 atom stereocenters. The summed E-state index contributed by atoms with van der Waals surface area (Å²) in [6, 6.07) is 3.26. The fourth-order valence-corrected chi connectivity index (χ4v) is 3.14. The maximum atomic E-state index is 12.0. The molecular weight excluding hydrogens is 304 g/mol. The minimum atomic E-state index is -3.53. The molecule has 0 aliphatic carbocycles. The lowest BCUT2D eigenvalue weighted by Crippen LogP contribution is -2.32. The van der Waals surface area contributed by atoms with Gasteiger partial charge in [-0.25, -0.2) is 18.1 Å². The average Bonchev–Trinajstić information content (AvgIpc) is 2.12. The van der Waals surface area contributed by atoms with Gasteiger partial charge in [-0.15, -0.1) is 0 Å². The molecule has 4 nitrogen and oxygen atoms in total. The van der Waals surface area contributed by atoms with Crippen LogP contribution in [0.1, 0.15) is 26.5 Å². The van der Waals surface area contributed by atoms with Crippen LogP contribution in [0.3, 0.4) is 0 Å². The van der Waals surface area contributed by atoms with E-state index in [1.165, 1.54) is 6.07 Å². The number of aryl methyl sites for hydroxylation is 1. The number of rotatable bonds is 3. The predicted octanol–water partition coefficient (Wildman–Crippen LogP) is 2.48. The molecule has 0 saturated heterocycles. The van der Waals surface area contributed by atoms with E-state index in [1.807, 2.05) is 20.8 Å². The third-order valence-corrected chi connectivity index (χ3v) is 3.70. The predicted molar refractivity (Wildman–Crippen MR) is 71.3 cm³/mol. The topological polar surface area (TPSA) is 59.1 Å². The Morgan fingerprint density at radius 1 is 1.35 bits per heavy atom. The number of aromatic nitrogens is 1. The van der Waals surface area contributed by atoms with Gasteiger partial charge in [-0.05, 0) is 24.5 Å². The molecule has 0 radical (unpaired) electrons. The van der Waals surface area contributed by atoms with Gasteiger partial charge in [0.05, 0.1) is 0 Å². The number of hydrogen-bond donors (Lipinski definition) is 1. The lowest BCUT2D eigenvalue weighted by Gasteiger charge is -2.18. The third-order valence-electron chi connectivity index (χ3n) is 1.96. The van der Waals surface area contributed by atoms with Crippen LogP contribution in [0, 0.1) is 12.3 Å². The fourth-order valence-electron chi connectivity index (χ4n) is 1.12. The van der Waals surface area contributed by atoms with E-state index in [0.29, 0.717) is 16.7 Å². The van der Waals surface area contributed by atoms with Crippen molar-refractivity contribution in [2.24, 2.45) is 5.41 Å². The molecule has 1 aromatic heterocycles. The summed E-state index contributed by atoms with van der Waals surface area (Å²) >= 11 is 3.26. The zero-order valence-corrected chi connectivity index (χ0v) is 12.8. The van der Waals surface area contributed by atoms with Crippen LogP contribution in [0.25, 0.3) is 0 Å². The van der Waals surface area contributed by atoms with Crippen LogP contribution < -0.4 is 4.72 Å². The quantitative estimate of drug-likeness (QED) is 0.930. The van der Waals surface area contributed by atoms with Gasteiger partial charge in [0.25, 0.3) is 10.0 Å². The van der Waals surface area contributed by atoms with Crippen molar-refractivity contribution in [3.05, 3.63) is 22.3 Å². The molecule has 1 heterocycles. The Labute approximate surface area is 111 Å². The van der Waals surface area contributed by atoms with Crippen LogP contribution >= 0.6 is 15.9 Å². The Hall–Kier alpha value is -0.460. The lowest BCUT2D eigenvalue weighted by molar-refractivity contribution is 0.407. The summed E-state index contributed by atoms with van der Waals surface area (Å²) in [7, 11) is -3.53. The molecular formula is C11H17BrN2O2S. The second-order valence-corrected chi connectivity index (χ2v) is 7.78. The standard InChI is InChI=1S/C11H17BrN2O2S/c1-8-5-9(12)6-10(14-8)17(15,16)13-7-11(2,3)4/h5-6,13H,7H2,1-4H3. The van der Waals surface area contributed by atoms with Crippen LogP contribution in [-0.2, 0) is 10.0 Å². The van der Waals surface area contributed by atoms with Gasteiger partial charge in [-0.1, -0.05) is 36.7 Å². The maximum Gasteiger partial charge on any atom is 0.258 e. The summed E-state index contributed by atoms with van der Waals surface area (Å²) in [5.41, 5.74) is 0.559. The highest BCUT2D eigenvalue weighted by Crippen LogP contribution is 2.17. The highest BCUT2D eigenvalue weighted by molar-refractivity contribution is 9.10. The zero-order chi connectivity index (χ0) is 13.3. The molecule has 0 amide bonds. The van der Waals surface area contributed by atoms with Crippen molar-refractivity contribution >= 4 is 26.0 Å². The lowest BCUT2D eigenvalue weighted by atomic mass is 9.98. The minimum Gasteiger partial charge on any atom is -0.240 e. The molecule has 0 aliphatic rings. The number of hydrogen-bond acceptors (Lipinski definition) is 3. The summed E-state index contributed by atoms with van der Waals surface area (Å²) < 4.78 is 27.2. The molecule has 1 aromatic rings. The van der Waals surface area contributed by atoms with Crippen molar-refractivity contribution in [2.75, 3.05) is 6.54 Å². The van der Waals surface area contributed by atoms with Gasteiger partial charge < -0.3 is 0 Å². The normalized spacial score (nSPS) is 12.8. The molecule has 0 spiro atoms. The molecule has 0 saturated carbocycles. The van der Waals surface area contributed by atoms with Crippen molar-refractivity contribution in [1.29, 1.82) is 0 Å². The van der Waals surface area contributed by atoms with Crippen LogP contribution in [0.2, 0.25) is 0 Å². The summed E-state index contributed by atoms with van der Waals surface area (Å²) in [5, 5.41) is 0.0497. The first-order valence-corrected chi connectivity index (χ1v) is 7.52. The molecule has 0 unspecified atom stereocenters. The van der Waals surface area contributed by atoms with Gasteiger partial charge in [-0.3, -0.25) is 0 Å². The smallest absolute Gasteiger partial charge is 0.240 e. The van der Waals surface area contributed by atoms with Crippen LogP contribution in [0.5, 0.6) is 0 Å². The number of halogens is 1. The van der Waals surface area contributed by atoms with Gasteiger partial charge in [0.1, 0.15) is 0 Å². The fraction of sp³-hybridized carbons (Fsp3) is 0.545. The van der Waals surface area contributed by atoms with Gasteiger partial charge in [-0.2, -0.15) is 0 Å². The highest BCUT2D eigenvalue weighted by Gasteiger charge is 2.20. The monoisotopic (exact) mass is 320 g/mol. The van der Waals surface area contributed by atoms with Crippen molar-refractivity contribution in [3.8, 4) is 0 Å². The summed E-state index contributed by atoms with van der Waals surface area (Å²) in [6.45, 7) is 8.04. The highest BCUT2D eigenvalue weighted by atomic mass is 79.9. The SMILES string of the molecule is Cc1cc(Br)cc(S(=O)(=O)NCC(C)(C)C)n1. The van der Waals surface area contributed by atoms with E-state index in [-0.39, 0.29) is 10.4 Å². The van der Waals surface area contributed by atoms with Gasteiger partial charge in [0.15, 0.2) is 5.03 Å². The molecule has 0 aromatic carbocycles. The van der Waals surface area contributed by atoms with Crippen LogP contribution in [0.15, 0.2) is 21.6 Å². The molecule has 1 N–H and O–H groups in total. The number of pyridine rings is 1. The molecule has 0 fully saturated rings. The Balaban J connectivity index is 2.98. The van der Waals surface area contributed by atoms with Crippen molar-refractivity contribution in [3.63, 3.8) is 0 Å². The van der Waals surface area contributed by atoms with Gasteiger partial charge >= 0.3 is 0 Å². The number of nitrogens with zero attached hydrogens (tertiary/aromatic N) is 1. The summed E-state index contributed by atoms with van der Waals surface area (Å²) in [4.78, 5) is 4.03. The van der Waals surface area contributed by atoms with Gasteiger partial charge in [0.2, 0.25) is 0 Å². The zero-order valence-electron chi connectivity index (χ0n) is 10.4. The second kappa shape index (κ2) is 5.04. The first-order chi connectivity index (χ1) is 7.60. The molecule has 96 valence electrons. The first-order valence-electron chi connectivity index (χ1n) is 5.24. The molecule has 0 bridgehead atoms.